The van der Waals surface area contributed by atoms with Crippen LogP contribution in [-0.4, -0.2) is 4.98 Å². The first kappa shape index (κ1) is 27.3. The molecule has 0 radical (unpaired) electrons. The summed E-state index contributed by atoms with van der Waals surface area (Å²) in [4.78, 5) is 4.65. The van der Waals surface area contributed by atoms with E-state index in [2.05, 4.69) is 152 Å². The highest BCUT2D eigenvalue weighted by molar-refractivity contribution is 6.01. The van der Waals surface area contributed by atoms with E-state index in [-0.39, 0.29) is 0 Å². The fourth-order valence-corrected chi connectivity index (χ4v) is 7.30. The fraction of sp³-hybridized carbons (Fsp3) is 0.114. The minimum Gasteiger partial charge on any atom is -0.256 e. The molecule has 8 rings (SSSR count). The molecule has 0 saturated heterocycles. The number of hydrogen-bond donors (Lipinski definition) is 0. The molecule has 6 aromatic rings. The molecule has 1 aromatic heterocycles. The highest BCUT2D eigenvalue weighted by Gasteiger charge is 2.30. The SMILES string of the molecule is CCC1c2ccc(/C(C)=C/C=C3/C=Cc4ccc(-c5ccccc5)cc4C3)cc2-c2c(-c3cccc4ncccc34)cccc21. The van der Waals surface area contributed by atoms with Crippen molar-refractivity contribution in [3.05, 3.63) is 173 Å². The van der Waals surface area contributed by atoms with Crippen LogP contribution in [0, 0.1) is 0 Å². The summed E-state index contributed by atoms with van der Waals surface area (Å²) in [5.74, 6) is 0.414. The van der Waals surface area contributed by atoms with Gasteiger partial charge in [0.25, 0.3) is 0 Å². The molecule has 1 heteroatoms. The van der Waals surface area contributed by atoms with E-state index >= 15 is 0 Å². The van der Waals surface area contributed by atoms with Gasteiger partial charge >= 0.3 is 0 Å². The number of pyridine rings is 1. The Kier molecular flexibility index (Phi) is 6.88. The lowest BCUT2D eigenvalue weighted by Gasteiger charge is -2.15. The lowest BCUT2D eigenvalue weighted by atomic mass is 9.90. The first-order valence-corrected chi connectivity index (χ1v) is 16.0. The lowest BCUT2D eigenvalue weighted by molar-refractivity contribution is 0.797. The topological polar surface area (TPSA) is 12.9 Å². The average molecular weight is 578 g/mol. The first-order chi connectivity index (χ1) is 22.2. The second-order valence-electron chi connectivity index (χ2n) is 12.3. The van der Waals surface area contributed by atoms with Crippen LogP contribution in [0.15, 0.2) is 145 Å². The molecule has 5 aromatic carbocycles. The molecule has 45 heavy (non-hydrogen) atoms. The van der Waals surface area contributed by atoms with Crippen molar-refractivity contribution in [1.29, 1.82) is 0 Å². The van der Waals surface area contributed by atoms with Crippen molar-refractivity contribution in [3.8, 4) is 33.4 Å². The summed E-state index contributed by atoms with van der Waals surface area (Å²) in [5, 5.41) is 1.20. The molecule has 0 fully saturated rings. The number of benzene rings is 5. The minimum atomic E-state index is 0.414. The Morgan fingerprint density at radius 3 is 2.49 bits per heavy atom. The molecule has 1 unspecified atom stereocenters. The molecule has 1 heterocycles. The number of nitrogens with zero attached hydrogens (tertiary/aromatic N) is 1. The molecule has 2 aliphatic rings. The van der Waals surface area contributed by atoms with Gasteiger partial charge in [0.1, 0.15) is 0 Å². The summed E-state index contributed by atoms with van der Waals surface area (Å²) in [7, 11) is 0. The van der Waals surface area contributed by atoms with Crippen molar-refractivity contribution < 1.29 is 0 Å². The molecule has 1 atom stereocenters. The molecule has 0 amide bonds. The van der Waals surface area contributed by atoms with Crippen molar-refractivity contribution in [2.24, 2.45) is 0 Å². The number of fused-ring (bicyclic) bond motifs is 5. The van der Waals surface area contributed by atoms with Gasteiger partial charge in [0, 0.05) is 17.5 Å². The Morgan fingerprint density at radius 1 is 0.733 bits per heavy atom. The number of hydrogen-bond acceptors (Lipinski definition) is 1. The largest absolute Gasteiger partial charge is 0.256 e. The summed E-state index contributed by atoms with van der Waals surface area (Å²) in [6.45, 7) is 4.55. The van der Waals surface area contributed by atoms with Crippen LogP contribution in [0.1, 0.15) is 54.0 Å². The van der Waals surface area contributed by atoms with Gasteiger partial charge in [0.05, 0.1) is 5.52 Å². The second-order valence-corrected chi connectivity index (χ2v) is 12.3. The van der Waals surface area contributed by atoms with Crippen LogP contribution in [0.2, 0.25) is 0 Å². The van der Waals surface area contributed by atoms with Crippen LogP contribution in [0.25, 0.3) is 55.9 Å². The Balaban J connectivity index is 1.15. The van der Waals surface area contributed by atoms with Crippen molar-refractivity contribution in [3.63, 3.8) is 0 Å². The van der Waals surface area contributed by atoms with Gasteiger partial charge < -0.3 is 0 Å². The van der Waals surface area contributed by atoms with E-state index in [1.54, 1.807) is 0 Å². The Morgan fingerprint density at radius 2 is 1.60 bits per heavy atom. The van der Waals surface area contributed by atoms with Gasteiger partial charge in [0.2, 0.25) is 0 Å². The van der Waals surface area contributed by atoms with Crippen LogP contribution >= 0.6 is 0 Å². The zero-order chi connectivity index (χ0) is 30.3. The fourth-order valence-electron chi connectivity index (χ4n) is 7.30. The van der Waals surface area contributed by atoms with Gasteiger partial charge in [0.15, 0.2) is 0 Å². The summed E-state index contributed by atoms with van der Waals surface area (Å²) >= 11 is 0. The predicted molar refractivity (Wildman–Crippen MR) is 191 cm³/mol. The highest BCUT2D eigenvalue weighted by atomic mass is 14.6. The van der Waals surface area contributed by atoms with Gasteiger partial charge in [-0.25, -0.2) is 0 Å². The molecule has 0 bridgehead atoms. The Bertz CT molecular complexity index is 2170. The second kappa shape index (κ2) is 11.3. The van der Waals surface area contributed by atoms with E-state index in [0.717, 1.165) is 18.4 Å². The van der Waals surface area contributed by atoms with Crippen LogP contribution < -0.4 is 0 Å². The van der Waals surface area contributed by atoms with Gasteiger partial charge in [-0.05, 0) is 110 Å². The number of rotatable bonds is 5. The third-order valence-corrected chi connectivity index (χ3v) is 9.64. The van der Waals surface area contributed by atoms with Gasteiger partial charge in [-0.15, -0.1) is 0 Å². The summed E-state index contributed by atoms with van der Waals surface area (Å²) < 4.78 is 0. The zero-order valence-corrected chi connectivity index (χ0v) is 25.8. The monoisotopic (exact) mass is 577 g/mol. The zero-order valence-electron chi connectivity index (χ0n) is 25.8. The third kappa shape index (κ3) is 4.86. The summed E-state index contributed by atoms with van der Waals surface area (Å²) in [6, 6.07) is 42.2. The van der Waals surface area contributed by atoms with E-state index in [1.165, 1.54) is 77.7 Å². The average Bonchev–Trinajstić information content (AvgIpc) is 3.43. The number of allylic oxidation sites excluding steroid dienone is 5. The molecule has 1 nitrogen and oxygen atoms in total. The minimum absolute atomic E-state index is 0.414. The van der Waals surface area contributed by atoms with Crippen LogP contribution in [0.4, 0.5) is 0 Å². The molecule has 0 saturated carbocycles. The van der Waals surface area contributed by atoms with Crippen LogP contribution in [-0.2, 0) is 6.42 Å². The standard InChI is InChI=1S/C44H35N/c1-3-36-38-24-23-33(28-42(38)44-40(36)13-7-14-41(44)37-12-8-16-43-39(37)15-9-25-45-43)29(2)17-18-30-19-20-32-21-22-34(27-35(32)26-30)31-10-5-4-6-11-31/h4-25,27-28,36H,3,26H2,1-2H3/b29-17+,30-18-. The maximum atomic E-state index is 4.65. The summed E-state index contributed by atoms with van der Waals surface area (Å²) in [5.41, 5.74) is 18.3. The third-order valence-electron chi connectivity index (χ3n) is 9.64. The van der Waals surface area contributed by atoms with E-state index in [0.29, 0.717) is 5.92 Å². The molecular formula is C44H35N. The predicted octanol–water partition coefficient (Wildman–Crippen LogP) is 11.7. The molecule has 0 spiro atoms. The molecule has 0 N–H and O–H groups in total. The number of aromatic nitrogens is 1. The normalized spacial score (nSPS) is 16.1. The Labute approximate surface area is 265 Å². The van der Waals surface area contributed by atoms with Crippen molar-refractivity contribution in [2.75, 3.05) is 0 Å². The molecular weight excluding hydrogens is 542 g/mol. The lowest BCUT2D eigenvalue weighted by Crippen LogP contribution is -1.97. The molecule has 2 aliphatic carbocycles. The van der Waals surface area contributed by atoms with Crippen LogP contribution in [0.3, 0.4) is 0 Å². The first-order valence-electron chi connectivity index (χ1n) is 16.0. The molecule has 216 valence electrons. The smallest absolute Gasteiger partial charge is 0.0708 e. The van der Waals surface area contributed by atoms with Gasteiger partial charge in [-0.1, -0.05) is 128 Å². The Hall–Kier alpha value is -5.27. The maximum absolute atomic E-state index is 4.65. The summed E-state index contributed by atoms with van der Waals surface area (Å²) in [6.07, 6.45) is 13.0. The highest BCUT2D eigenvalue weighted by Crippen LogP contribution is 2.51. The van der Waals surface area contributed by atoms with Gasteiger partial charge in [-0.2, -0.15) is 0 Å². The maximum Gasteiger partial charge on any atom is 0.0708 e. The van der Waals surface area contributed by atoms with E-state index in [9.17, 15) is 0 Å². The van der Waals surface area contributed by atoms with E-state index < -0.39 is 0 Å². The van der Waals surface area contributed by atoms with Crippen molar-refractivity contribution in [2.45, 2.75) is 32.6 Å². The van der Waals surface area contributed by atoms with Crippen molar-refractivity contribution >= 4 is 22.6 Å². The van der Waals surface area contributed by atoms with E-state index in [1.807, 2.05) is 12.3 Å². The molecule has 0 aliphatic heterocycles. The van der Waals surface area contributed by atoms with E-state index in [4.69, 9.17) is 0 Å². The van der Waals surface area contributed by atoms with Crippen molar-refractivity contribution in [1.82, 2.24) is 4.98 Å². The van der Waals surface area contributed by atoms with Gasteiger partial charge in [-0.3, -0.25) is 4.98 Å². The van der Waals surface area contributed by atoms with Crippen LogP contribution in [0.5, 0.6) is 0 Å². The quantitative estimate of drug-likeness (QED) is 0.199.